The van der Waals surface area contributed by atoms with Gasteiger partial charge < -0.3 is 5.32 Å². The molecule has 1 aliphatic carbocycles. The van der Waals surface area contributed by atoms with Gasteiger partial charge in [0.25, 0.3) is 0 Å². The number of halogens is 1. The quantitative estimate of drug-likeness (QED) is 0.854. The first-order chi connectivity index (χ1) is 8.72. The van der Waals surface area contributed by atoms with Crippen LogP contribution in [0.15, 0.2) is 22.7 Å². The Morgan fingerprint density at radius 3 is 2.94 bits per heavy atom. The molecular formula is C14H17BrN2S. The molecule has 0 saturated heterocycles. The van der Waals surface area contributed by atoms with Crippen LogP contribution < -0.4 is 5.32 Å². The van der Waals surface area contributed by atoms with E-state index >= 15 is 0 Å². The zero-order valence-electron chi connectivity index (χ0n) is 10.4. The van der Waals surface area contributed by atoms with E-state index in [-0.39, 0.29) is 0 Å². The minimum atomic E-state index is 0.538. The highest BCUT2D eigenvalue weighted by atomic mass is 79.9. The van der Waals surface area contributed by atoms with Crippen molar-refractivity contribution in [2.24, 2.45) is 5.92 Å². The summed E-state index contributed by atoms with van der Waals surface area (Å²) in [6, 6.07) is 6.79. The molecule has 3 rings (SSSR count). The van der Waals surface area contributed by atoms with Crippen molar-refractivity contribution < 1.29 is 0 Å². The van der Waals surface area contributed by atoms with Crippen LogP contribution in [0.1, 0.15) is 32.6 Å². The van der Waals surface area contributed by atoms with E-state index in [9.17, 15) is 0 Å². The molecule has 18 heavy (non-hydrogen) atoms. The topological polar surface area (TPSA) is 24.9 Å². The molecule has 1 aromatic carbocycles. The van der Waals surface area contributed by atoms with Crippen molar-refractivity contribution in [1.29, 1.82) is 0 Å². The van der Waals surface area contributed by atoms with Crippen LogP contribution in [0.4, 0.5) is 5.13 Å². The first-order valence-electron chi connectivity index (χ1n) is 6.55. The fourth-order valence-electron chi connectivity index (χ4n) is 2.73. The molecular weight excluding hydrogens is 308 g/mol. The van der Waals surface area contributed by atoms with Crippen LogP contribution in [0.5, 0.6) is 0 Å². The van der Waals surface area contributed by atoms with Gasteiger partial charge in [-0.3, -0.25) is 0 Å². The molecule has 0 aliphatic heterocycles. The van der Waals surface area contributed by atoms with Gasteiger partial charge in [-0.2, -0.15) is 0 Å². The second-order valence-corrected chi connectivity index (χ2v) is 7.05. The molecule has 0 bridgehead atoms. The van der Waals surface area contributed by atoms with Crippen molar-refractivity contribution in [2.75, 3.05) is 5.32 Å². The van der Waals surface area contributed by atoms with Crippen LogP contribution in [-0.4, -0.2) is 11.0 Å². The summed E-state index contributed by atoms with van der Waals surface area (Å²) in [4.78, 5) is 4.65. The molecule has 2 aromatic rings. The zero-order chi connectivity index (χ0) is 12.5. The number of nitrogens with one attached hydrogen (secondary N) is 1. The molecule has 1 unspecified atom stereocenters. The van der Waals surface area contributed by atoms with Gasteiger partial charge in [0, 0.05) is 10.5 Å². The lowest BCUT2D eigenvalue weighted by Gasteiger charge is -2.19. The van der Waals surface area contributed by atoms with Crippen molar-refractivity contribution in [1.82, 2.24) is 4.98 Å². The summed E-state index contributed by atoms with van der Waals surface area (Å²) in [5.74, 6) is 0.823. The maximum atomic E-state index is 4.65. The predicted molar refractivity (Wildman–Crippen MR) is 82.4 cm³/mol. The van der Waals surface area contributed by atoms with E-state index in [4.69, 9.17) is 0 Å². The molecule has 4 heteroatoms. The van der Waals surface area contributed by atoms with E-state index in [1.807, 2.05) is 6.07 Å². The lowest BCUT2D eigenvalue weighted by Crippen LogP contribution is -2.23. The average Bonchev–Trinajstić information content (AvgIpc) is 2.95. The van der Waals surface area contributed by atoms with Crippen molar-refractivity contribution in [3.8, 4) is 0 Å². The number of fused-ring (bicyclic) bond motifs is 1. The summed E-state index contributed by atoms with van der Waals surface area (Å²) in [7, 11) is 0. The first kappa shape index (κ1) is 12.4. The Bertz CT molecular complexity index is 546. The van der Waals surface area contributed by atoms with Gasteiger partial charge in [0.1, 0.15) is 0 Å². The average molecular weight is 325 g/mol. The van der Waals surface area contributed by atoms with Gasteiger partial charge in [-0.1, -0.05) is 40.1 Å². The first-order valence-corrected chi connectivity index (χ1v) is 8.16. The van der Waals surface area contributed by atoms with Crippen molar-refractivity contribution in [3.63, 3.8) is 0 Å². The SMILES string of the molecule is CC(Nc1nc2ccc(Br)cc2s1)C1CCCC1. The van der Waals surface area contributed by atoms with Gasteiger partial charge in [0.05, 0.1) is 10.2 Å². The smallest absolute Gasteiger partial charge is 0.184 e. The zero-order valence-corrected chi connectivity index (χ0v) is 12.9. The lowest BCUT2D eigenvalue weighted by atomic mass is 10.0. The van der Waals surface area contributed by atoms with Gasteiger partial charge in [0.15, 0.2) is 5.13 Å². The van der Waals surface area contributed by atoms with Gasteiger partial charge in [-0.05, 0) is 43.9 Å². The molecule has 0 amide bonds. The van der Waals surface area contributed by atoms with E-state index in [1.165, 1.54) is 30.4 Å². The number of aromatic nitrogens is 1. The standard InChI is InChI=1S/C14H17BrN2S/c1-9(10-4-2-3-5-10)16-14-17-12-7-6-11(15)8-13(12)18-14/h6-10H,2-5H2,1H3,(H,16,17). The largest absolute Gasteiger partial charge is 0.359 e. The highest BCUT2D eigenvalue weighted by Gasteiger charge is 2.22. The van der Waals surface area contributed by atoms with Crippen molar-refractivity contribution in [3.05, 3.63) is 22.7 Å². The summed E-state index contributed by atoms with van der Waals surface area (Å²) in [5, 5.41) is 4.64. The molecule has 1 N–H and O–H groups in total. The Labute approximate surface area is 120 Å². The van der Waals surface area contributed by atoms with E-state index in [1.54, 1.807) is 11.3 Å². The maximum Gasteiger partial charge on any atom is 0.184 e. The van der Waals surface area contributed by atoms with Crippen LogP contribution in [0.2, 0.25) is 0 Å². The molecule has 2 nitrogen and oxygen atoms in total. The summed E-state index contributed by atoms with van der Waals surface area (Å²) < 4.78 is 2.36. The number of nitrogens with zero attached hydrogens (tertiary/aromatic N) is 1. The van der Waals surface area contributed by atoms with Crippen LogP contribution >= 0.6 is 27.3 Å². The molecule has 1 aromatic heterocycles. The maximum absolute atomic E-state index is 4.65. The molecule has 1 saturated carbocycles. The van der Waals surface area contributed by atoms with Crippen molar-refractivity contribution >= 4 is 42.6 Å². The Balaban J connectivity index is 1.77. The number of benzene rings is 1. The van der Waals surface area contributed by atoms with E-state index < -0.39 is 0 Å². The minimum Gasteiger partial charge on any atom is -0.359 e. The minimum absolute atomic E-state index is 0.538. The fourth-order valence-corrected chi connectivity index (χ4v) is 4.24. The van der Waals surface area contributed by atoms with E-state index in [0.717, 1.165) is 21.0 Å². The Morgan fingerprint density at radius 1 is 1.39 bits per heavy atom. The molecule has 1 fully saturated rings. The number of thiazole rings is 1. The van der Waals surface area contributed by atoms with Gasteiger partial charge in [-0.25, -0.2) is 4.98 Å². The number of hydrogen-bond donors (Lipinski definition) is 1. The van der Waals surface area contributed by atoms with E-state index in [2.05, 4.69) is 45.3 Å². The third kappa shape index (κ3) is 2.54. The van der Waals surface area contributed by atoms with Gasteiger partial charge in [0.2, 0.25) is 0 Å². The summed E-state index contributed by atoms with van der Waals surface area (Å²) >= 11 is 5.25. The lowest BCUT2D eigenvalue weighted by molar-refractivity contribution is 0.482. The van der Waals surface area contributed by atoms with Crippen LogP contribution in [0, 0.1) is 5.92 Å². The Hall–Kier alpha value is -0.610. The fraction of sp³-hybridized carbons (Fsp3) is 0.500. The second kappa shape index (κ2) is 5.17. The molecule has 96 valence electrons. The molecule has 1 heterocycles. The molecule has 1 atom stereocenters. The predicted octanol–water partition coefficient (Wildman–Crippen LogP) is 5.05. The molecule has 0 spiro atoms. The summed E-state index contributed by atoms with van der Waals surface area (Å²) in [6.45, 7) is 2.29. The van der Waals surface area contributed by atoms with Crippen LogP contribution in [0.3, 0.4) is 0 Å². The molecule has 1 aliphatic rings. The van der Waals surface area contributed by atoms with Gasteiger partial charge in [-0.15, -0.1) is 0 Å². The second-order valence-electron chi connectivity index (χ2n) is 5.11. The normalized spacial score (nSPS) is 18.3. The third-order valence-corrected chi connectivity index (χ3v) is 5.25. The Kier molecular flexibility index (Phi) is 3.57. The monoisotopic (exact) mass is 324 g/mol. The van der Waals surface area contributed by atoms with Gasteiger partial charge >= 0.3 is 0 Å². The number of anilines is 1. The highest BCUT2D eigenvalue weighted by Crippen LogP contribution is 2.32. The van der Waals surface area contributed by atoms with Crippen LogP contribution in [0.25, 0.3) is 10.2 Å². The number of rotatable bonds is 3. The van der Waals surface area contributed by atoms with E-state index in [0.29, 0.717) is 6.04 Å². The third-order valence-electron chi connectivity index (χ3n) is 3.81. The highest BCUT2D eigenvalue weighted by molar-refractivity contribution is 9.10. The summed E-state index contributed by atoms with van der Waals surface area (Å²) in [5.41, 5.74) is 1.09. The molecule has 0 radical (unpaired) electrons. The Morgan fingerprint density at radius 2 is 2.17 bits per heavy atom. The van der Waals surface area contributed by atoms with Crippen LogP contribution in [-0.2, 0) is 0 Å². The summed E-state index contributed by atoms with van der Waals surface area (Å²) in [6.07, 6.45) is 5.52. The number of hydrogen-bond acceptors (Lipinski definition) is 3. The van der Waals surface area contributed by atoms with Crippen molar-refractivity contribution in [2.45, 2.75) is 38.6 Å².